The van der Waals surface area contributed by atoms with Crippen molar-refractivity contribution in [1.29, 1.82) is 0 Å². The third-order valence-corrected chi connectivity index (χ3v) is 3.40. The minimum atomic E-state index is -0.781. The van der Waals surface area contributed by atoms with E-state index in [9.17, 15) is 4.79 Å². The molecule has 0 spiro atoms. The normalized spacial score (nSPS) is 21.1. The minimum absolute atomic E-state index is 0.0510. The number of hydrogen-bond acceptors (Lipinski definition) is 4. The molecular weight excluding hydrogens is 234 g/mol. The van der Waals surface area contributed by atoms with Crippen LogP contribution in [-0.4, -0.2) is 52.0 Å². The van der Waals surface area contributed by atoms with Crippen LogP contribution in [0.3, 0.4) is 0 Å². The van der Waals surface area contributed by atoms with Gasteiger partial charge in [0.1, 0.15) is 0 Å². The van der Waals surface area contributed by atoms with Gasteiger partial charge in [-0.2, -0.15) is 5.10 Å². The number of nitrogens with one attached hydrogen (secondary N) is 1. The van der Waals surface area contributed by atoms with Crippen LogP contribution in [0.5, 0.6) is 0 Å². The summed E-state index contributed by atoms with van der Waals surface area (Å²) in [5.41, 5.74) is 3.19. The number of hydrogen-bond donors (Lipinski definition) is 2. The lowest BCUT2D eigenvalue weighted by molar-refractivity contribution is -0.140. The fraction of sp³-hybridized carbons (Fsp3) is 0.667. The molecule has 1 saturated heterocycles. The summed E-state index contributed by atoms with van der Waals surface area (Å²) in [4.78, 5) is 13.0. The predicted octanol–water partition coefficient (Wildman–Crippen LogP) is 0.702. The van der Waals surface area contributed by atoms with E-state index in [0.717, 1.165) is 30.0 Å². The molecule has 1 fully saturated rings. The zero-order valence-corrected chi connectivity index (χ0v) is 10.8. The molecule has 2 N–H and O–H groups in total. The van der Waals surface area contributed by atoms with E-state index in [0.29, 0.717) is 13.2 Å². The molecule has 2 heterocycles. The topological polar surface area (TPSA) is 78.5 Å². The number of aliphatic carboxylic acids is 1. The monoisotopic (exact) mass is 253 g/mol. The molecule has 6 nitrogen and oxygen atoms in total. The molecule has 1 aliphatic rings. The molecule has 0 bridgehead atoms. The molecule has 0 aromatic carbocycles. The van der Waals surface area contributed by atoms with Crippen molar-refractivity contribution >= 4 is 5.97 Å². The standard InChI is InChI=1S/C12H19N3O3/c1-8-11(9(2)14-13-8)6-15-3-4-18-7-10(15)5-12(16)17/h10H,3-7H2,1-2H3,(H,13,14)(H,16,17)/t10-/m0/s1. The van der Waals surface area contributed by atoms with Crippen LogP contribution in [0.1, 0.15) is 23.4 Å². The van der Waals surface area contributed by atoms with Crippen molar-refractivity contribution in [1.82, 2.24) is 15.1 Å². The first-order valence-electron chi connectivity index (χ1n) is 6.12. The molecule has 1 aliphatic heterocycles. The number of aryl methyl sites for hydroxylation is 2. The van der Waals surface area contributed by atoms with Gasteiger partial charge in [0, 0.05) is 30.4 Å². The number of carboxylic acids is 1. The zero-order chi connectivity index (χ0) is 13.1. The van der Waals surface area contributed by atoms with Gasteiger partial charge in [-0.25, -0.2) is 0 Å². The van der Waals surface area contributed by atoms with Crippen LogP contribution in [0.4, 0.5) is 0 Å². The van der Waals surface area contributed by atoms with Gasteiger partial charge in [-0.1, -0.05) is 0 Å². The van der Waals surface area contributed by atoms with E-state index >= 15 is 0 Å². The van der Waals surface area contributed by atoms with E-state index in [1.165, 1.54) is 0 Å². The van der Waals surface area contributed by atoms with Gasteiger partial charge in [0.25, 0.3) is 0 Å². The summed E-state index contributed by atoms with van der Waals surface area (Å²) in [5.74, 6) is -0.781. The van der Waals surface area contributed by atoms with Crippen LogP contribution in [0.15, 0.2) is 0 Å². The van der Waals surface area contributed by atoms with E-state index in [1.54, 1.807) is 0 Å². The van der Waals surface area contributed by atoms with Gasteiger partial charge in [0.05, 0.1) is 25.3 Å². The Kier molecular flexibility index (Phi) is 3.98. The number of rotatable bonds is 4. The largest absolute Gasteiger partial charge is 0.481 e. The quantitative estimate of drug-likeness (QED) is 0.826. The van der Waals surface area contributed by atoms with Crippen LogP contribution in [0.25, 0.3) is 0 Å². The summed E-state index contributed by atoms with van der Waals surface area (Å²) in [5, 5.41) is 16.0. The molecule has 0 saturated carbocycles. The highest BCUT2D eigenvalue weighted by atomic mass is 16.5. The van der Waals surface area contributed by atoms with E-state index in [1.807, 2.05) is 13.8 Å². The van der Waals surface area contributed by atoms with Crippen molar-refractivity contribution in [2.75, 3.05) is 19.8 Å². The number of ether oxygens (including phenoxy) is 1. The fourth-order valence-electron chi connectivity index (χ4n) is 2.30. The molecule has 0 aliphatic carbocycles. The highest BCUT2D eigenvalue weighted by Gasteiger charge is 2.26. The molecule has 1 aromatic heterocycles. The molecule has 1 atom stereocenters. The maximum Gasteiger partial charge on any atom is 0.305 e. The number of aromatic nitrogens is 2. The average molecular weight is 253 g/mol. The third kappa shape index (κ3) is 2.88. The lowest BCUT2D eigenvalue weighted by Gasteiger charge is -2.34. The Balaban J connectivity index is 2.07. The maximum absolute atomic E-state index is 10.8. The van der Waals surface area contributed by atoms with Crippen LogP contribution in [-0.2, 0) is 16.1 Å². The number of H-pyrrole nitrogens is 1. The van der Waals surface area contributed by atoms with Crippen LogP contribution >= 0.6 is 0 Å². The number of carboxylic acid groups (broad SMARTS) is 1. The van der Waals surface area contributed by atoms with Crippen molar-refractivity contribution in [2.45, 2.75) is 32.9 Å². The van der Waals surface area contributed by atoms with Crippen molar-refractivity contribution in [2.24, 2.45) is 0 Å². The smallest absolute Gasteiger partial charge is 0.305 e. The highest BCUT2D eigenvalue weighted by molar-refractivity contribution is 5.67. The van der Waals surface area contributed by atoms with Crippen molar-refractivity contribution in [3.8, 4) is 0 Å². The zero-order valence-electron chi connectivity index (χ0n) is 10.8. The number of aromatic amines is 1. The summed E-state index contributed by atoms with van der Waals surface area (Å²) < 4.78 is 5.36. The molecule has 1 aromatic rings. The first-order valence-corrected chi connectivity index (χ1v) is 6.12. The Morgan fingerprint density at radius 1 is 1.61 bits per heavy atom. The molecule has 0 amide bonds. The lowest BCUT2D eigenvalue weighted by Crippen LogP contribution is -2.46. The minimum Gasteiger partial charge on any atom is -0.481 e. The average Bonchev–Trinajstić information content (AvgIpc) is 2.62. The molecule has 0 radical (unpaired) electrons. The number of morpholine rings is 1. The molecular formula is C12H19N3O3. The summed E-state index contributed by atoms with van der Waals surface area (Å²) in [6.45, 7) is 6.60. The van der Waals surface area contributed by atoms with E-state index < -0.39 is 5.97 Å². The van der Waals surface area contributed by atoms with Gasteiger partial charge < -0.3 is 9.84 Å². The molecule has 100 valence electrons. The molecule has 0 unspecified atom stereocenters. The van der Waals surface area contributed by atoms with Gasteiger partial charge >= 0.3 is 5.97 Å². The van der Waals surface area contributed by atoms with Gasteiger partial charge in [0.15, 0.2) is 0 Å². The first kappa shape index (κ1) is 13.0. The summed E-state index contributed by atoms with van der Waals surface area (Å²) >= 11 is 0. The maximum atomic E-state index is 10.8. The second-order valence-electron chi connectivity index (χ2n) is 4.71. The molecule has 2 rings (SSSR count). The second kappa shape index (κ2) is 5.49. The molecule has 18 heavy (non-hydrogen) atoms. The first-order chi connectivity index (χ1) is 8.58. The molecule has 6 heteroatoms. The Morgan fingerprint density at radius 3 is 3.00 bits per heavy atom. The Bertz CT molecular complexity index is 411. The van der Waals surface area contributed by atoms with Crippen LogP contribution < -0.4 is 0 Å². The summed E-state index contributed by atoms with van der Waals surface area (Å²) in [6, 6.07) is -0.0510. The third-order valence-electron chi connectivity index (χ3n) is 3.40. The fourth-order valence-corrected chi connectivity index (χ4v) is 2.30. The van der Waals surface area contributed by atoms with Crippen molar-refractivity contribution < 1.29 is 14.6 Å². The second-order valence-corrected chi connectivity index (χ2v) is 4.71. The predicted molar refractivity (Wildman–Crippen MR) is 65.3 cm³/mol. The Hall–Kier alpha value is -1.40. The SMILES string of the molecule is Cc1n[nH]c(C)c1CN1CCOC[C@@H]1CC(=O)O. The van der Waals surface area contributed by atoms with Gasteiger partial charge in [-0.05, 0) is 13.8 Å². The van der Waals surface area contributed by atoms with Crippen LogP contribution in [0, 0.1) is 13.8 Å². The van der Waals surface area contributed by atoms with E-state index in [4.69, 9.17) is 9.84 Å². The van der Waals surface area contributed by atoms with E-state index in [2.05, 4.69) is 15.1 Å². The van der Waals surface area contributed by atoms with Crippen molar-refractivity contribution in [3.63, 3.8) is 0 Å². The number of carbonyl (C=O) groups is 1. The highest BCUT2D eigenvalue weighted by Crippen LogP contribution is 2.18. The number of nitrogens with zero attached hydrogens (tertiary/aromatic N) is 2. The van der Waals surface area contributed by atoms with Gasteiger partial charge in [0.2, 0.25) is 0 Å². The Morgan fingerprint density at radius 2 is 2.39 bits per heavy atom. The Labute approximate surface area is 106 Å². The van der Waals surface area contributed by atoms with Gasteiger partial charge in [-0.15, -0.1) is 0 Å². The van der Waals surface area contributed by atoms with Crippen molar-refractivity contribution in [3.05, 3.63) is 17.0 Å². The van der Waals surface area contributed by atoms with E-state index in [-0.39, 0.29) is 12.5 Å². The van der Waals surface area contributed by atoms with Crippen LogP contribution in [0.2, 0.25) is 0 Å². The summed E-state index contributed by atoms with van der Waals surface area (Å²) in [6.07, 6.45) is 0.121. The van der Waals surface area contributed by atoms with Gasteiger partial charge in [-0.3, -0.25) is 14.8 Å². The lowest BCUT2D eigenvalue weighted by atomic mass is 10.1. The summed E-state index contributed by atoms with van der Waals surface area (Å²) in [7, 11) is 0.